The molecule has 0 aliphatic carbocycles. The van der Waals surface area contributed by atoms with Gasteiger partial charge in [0.25, 0.3) is 0 Å². The number of rotatable bonds is 3. The lowest BCUT2D eigenvalue weighted by Gasteiger charge is -2.35. The molecule has 2 aliphatic rings. The number of fused-ring (bicyclic) bond motifs is 2. The topological polar surface area (TPSA) is 58.4 Å². The minimum atomic E-state index is 0.172. The molecule has 0 radical (unpaired) electrons. The molecule has 0 spiro atoms. The van der Waals surface area contributed by atoms with Crippen molar-refractivity contribution in [3.63, 3.8) is 0 Å². The van der Waals surface area contributed by atoms with Gasteiger partial charge in [-0.25, -0.2) is 0 Å². The summed E-state index contributed by atoms with van der Waals surface area (Å²) in [6, 6.07) is 1.59. The van der Waals surface area contributed by atoms with Gasteiger partial charge in [0.05, 0.1) is 12.1 Å². The lowest BCUT2D eigenvalue weighted by atomic mass is 9.98. The predicted molar refractivity (Wildman–Crippen MR) is 75.4 cm³/mol. The van der Waals surface area contributed by atoms with Crippen molar-refractivity contribution in [2.75, 3.05) is 7.05 Å². The Labute approximate surface area is 119 Å². The van der Waals surface area contributed by atoms with Gasteiger partial charge in [-0.2, -0.15) is 0 Å². The van der Waals surface area contributed by atoms with Crippen LogP contribution in [0.5, 0.6) is 0 Å². The molecule has 5 heteroatoms. The molecule has 2 unspecified atom stereocenters. The van der Waals surface area contributed by atoms with Crippen molar-refractivity contribution in [3.05, 3.63) is 17.0 Å². The van der Waals surface area contributed by atoms with Crippen LogP contribution < -0.4 is 5.32 Å². The van der Waals surface area contributed by atoms with Crippen LogP contribution in [0.25, 0.3) is 0 Å². The maximum Gasteiger partial charge on any atom is 0.227 e. The molecule has 2 bridgehead atoms. The first-order valence-corrected chi connectivity index (χ1v) is 7.48. The van der Waals surface area contributed by atoms with E-state index in [1.807, 2.05) is 25.8 Å². The molecule has 2 atom stereocenters. The van der Waals surface area contributed by atoms with Crippen molar-refractivity contribution in [2.45, 2.75) is 64.1 Å². The van der Waals surface area contributed by atoms with E-state index < -0.39 is 0 Å². The van der Waals surface area contributed by atoms with E-state index in [-0.39, 0.29) is 5.91 Å². The molecule has 0 saturated carbocycles. The van der Waals surface area contributed by atoms with Crippen molar-refractivity contribution in [1.29, 1.82) is 0 Å². The van der Waals surface area contributed by atoms with Crippen LogP contribution in [0.2, 0.25) is 0 Å². The first-order valence-electron chi connectivity index (χ1n) is 7.48. The second kappa shape index (κ2) is 5.20. The van der Waals surface area contributed by atoms with Crippen molar-refractivity contribution >= 4 is 5.91 Å². The van der Waals surface area contributed by atoms with Gasteiger partial charge in [-0.1, -0.05) is 5.16 Å². The van der Waals surface area contributed by atoms with E-state index in [2.05, 4.69) is 10.5 Å². The van der Waals surface area contributed by atoms with Crippen LogP contribution in [0.3, 0.4) is 0 Å². The number of nitrogens with zero attached hydrogens (tertiary/aromatic N) is 2. The molecular weight excluding hydrogens is 254 g/mol. The second-order valence-electron chi connectivity index (χ2n) is 6.25. The summed E-state index contributed by atoms with van der Waals surface area (Å²) < 4.78 is 5.13. The van der Waals surface area contributed by atoms with E-state index in [1.54, 1.807) is 0 Å². The number of amides is 1. The Morgan fingerprint density at radius 2 is 2.00 bits per heavy atom. The quantitative estimate of drug-likeness (QED) is 0.911. The number of aromatic nitrogens is 1. The van der Waals surface area contributed by atoms with Gasteiger partial charge in [0.1, 0.15) is 5.76 Å². The van der Waals surface area contributed by atoms with Crippen LogP contribution in [0.1, 0.15) is 42.7 Å². The predicted octanol–water partition coefficient (Wildman–Crippen LogP) is 1.58. The number of nitrogens with one attached hydrogen (secondary N) is 1. The molecule has 2 aliphatic heterocycles. The van der Waals surface area contributed by atoms with Crippen LogP contribution in [0, 0.1) is 13.8 Å². The molecule has 5 nitrogen and oxygen atoms in total. The summed E-state index contributed by atoms with van der Waals surface area (Å²) in [4.78, 5) is 14.4. The van der Waals surface area contributed by atoms with E-state index in [1.165, 1.54) is 12.8 Å². The summed E-state index contributed by atoms with van der Waals surface area (Å²) >= 11 is 0. The van der Waals surface area contributed by atoms with E-state index in [0.717, 1.165) is 29.9 Å². The number of likely N-dealkylation sites (N-methyl/N-ethyl adjacent to an activating group) is 1. The molecule has 20 heavy (non-hydrogen) atoms. The van der Waals surface area contributed by atoms with Crippen LogP contribution >= 0.6 is 0 Å². The first kappa shape index (κ1) is 13.6. The van der Waals surface area contributed by atoms with Gasteiger partial charge in [-0.15, -0.1) is 0 Å². The number of hydrogen-bond acceptors (Lipinski definition) is 4. The third kappa shape index (κ3) is 2.46. The maximum absolute atomic E-state index is 12.5. The molecule has 1 aromatic rings. The first-order chi connectivity index (χ1) is 9.54. The average molecular weight is 277 g/mol. The number of carbonyl (C=O) groups excluding carboxylic acids is 1. The highest BCUT2D eigenvalue weighted by molar-refractivity contribution is 5.79. The Balaban J connectivity index is 1.65. The molecule has 2 fully saturated rings. The standard InChI is InChI=1S/C15H23N3O2/c1-9-14(10(2)20-17-9)8-15(19)18(3)13-6-11-4-5-12(7-13)16-11/h11-13,16H,4-8H2,1-3H3. The molecule has 1 aromatic heterocycles. The summed E-state index contributed by atoms with van der Waals surface area (Å²) in [5.41, 5.74) is 1.77. The van der Waals surface area contributed by atoms with Crippen molar-refractivity contribution in [1.82, 2.24) is 15.4 Å². The van der Waals surface area contributed by atoms with Gasteiger partial charge < -0.3 is 14.7 Å². The van der Waals surface area contributed by atoms with Gasteiger partial charge in [-0.05, 0) is 39.5 Å². The van der Waals surface area contributed by atoms with Gasteiger partial charge in [0, 0.05) is 30.7 Å². The molecule has 0 aromatic carbocycles. The highest BCUT2D eigenvalue weighted by Gasteiger charge is 2.36. The minimum Gasteiger partial charge on any atom is -0.361 e. The summed E-state index contributed by atoms with van der Waals surface area (Å²) in [7, 11) is 1.94. The summed E-state index contributed by atoms with van der Waals surface area (Å²) in [5, 5.41) is 7.53. The SMILES string of the molecule is Cc1noc(C)c1CC(=O)N(C)C1CC2CCC(C1)N2. The zero-order valence-corrected chi connectivity index (χ0v) is 12.5. The average Bonchev–Trinajstić information content (AvgIpc) is 2.93. The molecule has 1 amide bonds. The zero-order chi connectivity index (χ0) is 14.3. The van der Waals surface area contributed by atoms with Crippen LogP contribution in [-0.2, 0) is 11.2 Å². The third-order valence-electron chi connectivity index (χ3n) is 4.90. The van der Waals surface area contributed by atoms with Gasteiger partial charge in [-0.3, -0.25) is 4.79 Å². The monoisotopic (exact) mass is 277 g/mol. The number of aryl methyl sites for hydroxylation is 2. The fourth-order valence-electron chi connectivity index (χ4n) is 3.58. The number of carbonyl (C=O) groups is 1. The van der Waals surface area contributed by atoms with Crippen molar-refractivity contribution in [2.24, 2.45) is 0 Å². The highest BCUT2D eigenvalue weighted by atomic mass is 16.5. The maximum atomic E-state index is 12.5. The van der Waals surface area contributed by atoms with Crippen LogP contribution in [-0.4, -0.2) is 41.1 Å². The number of piperidine rings is 1. The van der Waals surface area contributed by atoms with E-state index in [4.69, 9.17) is 4.52 Å². The van der Waals surface area contributed by atoms with Gasteiger partial charge >= 0.3 is 0 Å². The Hall–Kier alpha value is -1.36. The Bertz CT molecular complexity index is 480. The molecule has 3 rings (SSSR count). The molecule has 3 heterocycles. The lowest BCUT2D eigenvalue weighted by Crippen LogP contribution is -2.49. The van der Waals surface area contributed by atoms with Gasteiger partial charge in [0.2, 0.25) is 5.91 Å². The van der Waals surface area contributed by atoms with E-state index in [9.17, 15) is 4.79 Å². The minimum absolute atomic E-state index is 0.172. The Kier molecular flexibility index (Phi) is 3.54. The molecular formula is C15H23N3O2. The van der Waals surface area contributed by atoms with Crippen LogP contribution in [0.4, 0.5) is 0 Å². The Morgan fingerprint density at radius 3 is 2.55 bits per heavy atom. The second-order valence-corrected chi connectivity index (χ2v) is 6.25. The molecule has 2 saturated heterocycles. The number of hydrogen-bond donors (Lipinski definition) is 1. The molecule has 1 N–H and O–H groups in total. The normalized spacial score (nSPS) is 28.6. The largest absolute Gasteiger partial charge is 0.361 e. The van der Waals surface area contributed by atoms with Crippen LogP contribution in [0.15, 0.2) is 4.52 Å². The summed E-state index contributed by atoms with van der Waals surface area (Å²) in [6.07, 6.45) is 5.08. The highest BCUT2D eigenvalue weighted by Crippen LogP contribution is 2.29. The zero-order valence-electron chi connectivity index (χ0n) is 12.5. The summed E-state index contributed by atoms with van der Waals surface area (Å²) in [5.74, 6) is 0.931. The Morgan fingerprint density at radius 1 is 1.35 bits per heavy atom. The smallest absolute Gasteiger partial charge is 0.227 e. The fourth-order valence-corrected chi connectivity index (χ4v) is 3.58. The van der Waals surface area contributed by atoms with Crippen molar-refractivity contribution < 1.29 is 9.32 Å². The van der Waals surface area contributed by atoms with E-state index in [0.29, 0.717) is 24.5 Å². The molecule has 110 valence electrons. The third-order valence-corrected chi connectivity index (χ3v) is 4.90. The summed E-state index contributed by atoms with van der Waals surface area (Å²) in [6.45, 7) is 3.76. The van der Waals surface area contributed by atoms with E-state index >= 15 is 0 Å². The van der Waals surface area contributed by atoms with Gasteiger partial charge in [0.15, 0.2) is 0 Å². The fraction of sp³-hybridized carbons (Fsp3) is 0.733. The lowest BCUT2D eigenvalue weighted by molar-refractivity contribution is -0.132. The van der Waals surface area contributed by atoms with Crippen molar-refractivity contribution in [3.8, 4) is 0 Å².